The van der Waals surface area contributed by atoms with Crippen molar-refractivity contribution in [2.45, 2.75) is 26.8 Å². The number of anilines is 1. The number of aliphatic carboxylic acids is 1. The Morgan fingerprint density at radius 3 is 2.61 bits per heavy atom. The number of allylic oxidation sites excluding steroid dienone is 1. The van der Waals surface area contributed by atoms with E-state index in [0.29, 0.717) is 0 Å². The van der Waals surface area contributed by atoms with Crippen molar-refractivity contribution >= 4 is 28.9 Å². The van der Waals surface area contributed by atoms with Crippen molar-refractivity contribution in [3.8, 4) is 0 Å². The molecule has 4 rings (SSSR count). The second-order valence-corrected chi connectivity index (χ2v) is 7.49. The zero-order chi connectivity index (χ0) is 21.8. The van der Waals surface area contributed by atoms with Crippen LogP contribution < -0.4 is 10.9 Å². The minimum Gasteiger partial charge on any atom is -0.478 e. The van der Waals surface area contributed by atoms with Crippen LogP contribution in [0.25, 0.3) is 17.2 Å². The van der Waals surface area contributed by atoms with E-state index in [1.807, 2.05) is 31.3 Å². The molecule has 3 N–H and O–H groups in total. The number of carboxylic acid groups (broad SMARTS) is 1. The molecule has 3 aromatic rings. The molecule has 0 amide bonds. The summed E-state index contributed by atoms with van der Waals surface area (Å²) in [5.41, 5.74) is 16.3. The predicted octanol–water partition coefficient (Wildman–Crippen LogP) is 5.29. The van der Waals surface area contributed by atoms with E-state index in [9.17, 15) is 4.79 Å². The van der Waals surface area contributed by atoms with E-state index in [0.717, 1.165) is 52.7 Å². The van der Waals surface area contributed by atoms with Gasteiger partial charge in [0.15, 0.2) is 0 Å². The minimum absolute atomic E-state index is 0.781. The smallest absolute Gasteiger partial charge is 0.328 e. The van der Waals surface area contributed by atoms with E-state index in [1.54, 1.807) is 6.08 Å². The second kappa shape index (κ2) is 8.98. The van der Waals surface area contributed by atoms with Crippen LogP contribution in [0.1, 0.15) is 46.9 Å². The van der Waals surface area contributed by atoms with Crippen LogP contribution in [-0.2, 0) is 11.3 Å². The number of benzene rings is 2. The lowest BCUT2D eigenvalue weighted by Gasteiger charge is -2.18. The SMILES string of the molecule is CC/C(=C(/c1ccc(/C=C/C(=O)O)cc1)c1ccc2c(c1)CNN2)c1cccnc1C. The van der Waals surface area contributed by atoms with Gasteiger partial charge < -0.3 is 10.5 Å². The first-order valence-electron chi connectivity index (χ1n) is 10.4. The molecular weight excluding hydrogens is 386 g/mol. The van der Waals surface area contributed by atoms with Crippen molar-refractivity contribution in [3.05, 3.63) is 100 Å². The van der Waals surface area contributed by atoms with E-state index in [2.05, 4.69) is 59.2 Å². The van der Waals surface area contributed by atoms with Gasteiger partial charge in [0.1, 0.15) is 0 Å². The van der Waals surface area contributed by atoms with Gasteiger partial charge in [0.05, 0.1) is 5.69 Å². The second-order valence-electron chi connectivity index (χ2n) is 7.49. The lowest BCUT2D eigenvalue weighted by Crippen LogP contribution is -2.10. The number of hydrazine groups is 1. The summed E-state index contributed by atoms with van der Waals surface area (Å²) in [6, 6.07) is 18.6. The quantitative estimate of drug-likeness (QED) is 0.481. The molecule has 1 aliphatic heterocycles. The standard InChI is InChI=1S/C26H25N3O2/c1-3-22(23-5-4-14-27-17(23)2)26(20-11-12-24-21(15-20)16-28-29-24)19-9-6-18(7-10-19)8-13-25(30)31/h4-15,28-29H,3,16H2,1-2H3,(H,30,31)/b13-8+,26-22+. The van der Waals surface area contributed by atoms with Gasteiger partial charge in [-0.3, -0.25) is 4.98 Å². The van der Waals surface area contributed by atoms with Gasteiger partial charge in [-0.1, -0.05) is 43.3 Å². The molecule has 156 valence electrons. The maximum absolute atomic E-state index is 10.8. The number of pyridine rings is 1. The molecule has 0 fully saturated rings. The summed E-state index contributed by atoms with van der Waals surface area (Å²) in [6.45, 7) is 4.99. The van der Waals surface area contributed by atoms with Gasteiger partial charge in [-0.15, -0.1) is 0 Å². The molecule has 0 atom stereocenters. The largest absolute Gasteiger partial charge is 0.478 e. The first kappa shape index (κ1) is 20.6. The monoisotopic (exact) mass is 411 g/mol. The van der Waals surface area contributed by atoms with Crippen LogP contribution in [-0.4, -0.2) is 16.1 Å². The first-order valence-corrected chi connectivity index (χ1v) is 10.4. The molecule has 0 spiro atoms. The highest BCUT2D eigenvalue weighted by atomic mass is 16.4. The highest BCUT2D eigenvalue weighted by Crippen LogP contribution is 2.37. The van der Waals surface area contributed by atoms with Crippen molar-refractivity contribution < 1.29 is 9.90 Å². The molecule has 5 nitrogen and oxygen atoms in total. The summed E-state index contributed by atoms with van der Waals surface area (Å²) in [4.78, 5) is 15.3. The highest BCUT2D eigenvalue weighted by Gasteiger charge is 2.17. The highest BCUT2D eigenvalue weighted by molar-refractivity contribution is 5.99. The Morgan fingerprint density at radius 1 is 1.13 bits per heavy atom. The van der Waals surface area contributed by atoms with Crippen LogP contribution in [0.5, 0.6) is 0 Å². The number of carbonyl (C=O) groups is 1. The molecule has 0 bridgehead atoms. The molecule has 2 heterocycles. The van der Waals surface area contributed by atoms with Crippen LogP contribution in [0.4, 0.5) is 5.69 Å². The molecule has 0 unspecified atom stereocenters. The summed E-state index contributed by atoms with van der Waals surface area (Å²) in [5.74, 6) is -0.953. The first-order chi connectivity index (χ1) is 15.1. The van der Waals surface area contributed by atoms with E-state index in [4.69, 9.17) is 5.11 Å². The number of aromatic nitrogens is 1. The molecule has 1 aliphatic rings. The van der Waals surface area contributed by atoms with Crippen molar-refractivity contribution in [3.63, 3.8) is 0 Å². The van der Waals surface area contributed by atoms with Gasteiger partial charge in [-0.25, -0.2) is 10.2 Å². The van der Waals surface area contributed by atoms with Crippen LogP contribution in [0, 0.1) is 6.92 Å². The summed E-state index contributed by atoms with van der Waals surface area (Å²) >= 11 is 0. The molecular formula is C26H25N3O2. The normalized spacial score (nSPS) is 13.6. The van der Waals surface area contributed by atoms with Gasteiger partial charge in [-0.05, 0) is 76.6 Å². The zero-order valence-electron chi connectivity index (χ0n) is 17.6. The number of hydrogen-bond acceptors (Lipinski definition) is 4. The third kappa shape index (κ3) is 4.42. The Labute approximate surface area is 182 Å². The van der Waals surface area contributed by atoms with Gasteiger partial charge in [0.2, 0.25) is 0 Å². The summed E-state index contributed by atoms with van der Waals surface area (Å²) in [6.07, 6.45) is 5.44. The Balaban J connectivity index is 1.89. The average Bonchev–Trinajstić information content (AvgIpc) is 3.25. The zero-order valence-corrected chi connectivity index (χ0v) is 17.6. The Bertz CT molecular complexity index is 1180. The van der Waals surface area contributed by atoms with Crippen molar-refractivity contribution in [2.75, 3.05) is 5.43 Å². The molecule has 0 saturated heterocycles. The number of nitrogens with one attached hydrogen (secondary N) is 2. The third-order valence-corrected chi connectivity index (χ3v) is 5.50. The van der Waals surface area contributed by atoms with E-state index >= 15 is 0 Å². The molecule has 2 aromatic carbocycles. The minimum atomic E-state index is -0.953. The fourth-order valence-corrected chi connectivity index (χ4v) is 4.00. The van der Waals surface area contributed by atoms with Gasteiger partial charge in [0.25, 0.3) is 0 Å². The van der Waals surface area contributed by atoms with E-state index < -0.39 is 5.97 Å². The van der Waals surface area contributed by atoms with Gasteiger partial charge in [0, 0.05) is 24.5 Å². The average molecular weight is 412 g/mol. The van der Waals surface area contributed by atoms with Crippen LogP contribution in [0.2, 0.25) is 0 Å². The fourth-order valence-electron chi connectivity index (χ4n) is 4.00. The predicted molar refractivity (Wildman–Crippen MR) is 125 cm³/mol. The molecule has 0 aliphatic carbocycles. The summed E-state index contributed by atoms with van der Waals surface area (Å²) in [5, 5.41) is 8.89. The maximum Gasteiger partial charge on any atom is 0.328 e. The molecule has 0 radical (unpaired) electrons. The Morgan fingerprint density at radius 2 is 1.90 bits per heavy atom. The lowest BCUT2D eigenvalue weighted by atomic mass is 9.86. The summed E-state index contributed by atoms with van der Waals surface area (Å²) < 4.78 is 0. The van der Waals surface area contributed by atoms with E-state index in [-0.39, 0.29) is 0 Å². The number of rotatable bonds is 6. The summed E-state index contributed by atoms with van der Waals surface area (Å²) in [7, 11) is 0. The third-order valence-electron chi connectivity index (χ3n) is 5.50. The topological polar surface area (TPSA) is 74.2 Å². The van der Waals surface area contributed by atoms with E-state index in [1.165, 1.54) is 16.7 Å². The molecule has 31 heavy (non-hydrogen) atoms. The fraction of sp³-hybridized carbons (Fsp3) is 0.154. The molecule has 0 saturated carbocycles. The molecule has 5 heteroatoms. The van der Waals surface area contributed by atoms with Crippen LogP contribution >= 0.6 is 0 Å². The number of hydrogen-bond donors (Lipinski definition) is 3. The Hall–Kier alpha value is -3.70. The maximum atomic E-state index is 10.8. The number of aryl methyl sites for hydroxylation is 1. The number of fused-ring (bicyclic) bond motifs is 1. The van der Waals surface area contributed by atoms with Crippen LogP contribution in [0.3, 0.4) is 0 Å². The molecule has 1 aromatic heterocycles. The van der Waals surface area contributed by atoms with Gasteiger partial charge in [-0.2, -0.15) is 0 Å². The van der Waals surface area contributed by atoms with Crippen molar-refractivity contribution in [1.82, 2.24) is 10.4 Å². The van der Waals surface area contributed by atoms with Crippen molar-refractivity contribution in [2.24, 2.45) is 0 Å². The lowest BCUT2D eigenvalue weighted by molar-refractivity contribution is -0.131. The van der Waals surface area contributed by atoms with Crippen molar-refractivity contribution in [1.29, 1.82) is 0 Å². The van der Waals surface area contributed by atoms with Gasteiger partial charge >= 0.3 is 5.97 Å². The number of nitrogens with zero attached hydrogens (tertiary/aromatic N) is 1. The van der Waals surface area contributed by atoms with Crippen LogP contribution in [0.15, 0.2) is 66.9 Å². The Kier molecular flexibility index (Phi) is 5.96. The number of carboxylic acids is 1.